The second kappa shape index (κ2) is 11.0. The minimum atomic E-state index is -1.25. The van der Waals surface area contributed by atoms with E-state index in [-0.39, 0.29) is 5.04 Å². The van der Waals surface area contributed by atoms with Gasteiger partial charge in [-0.1, -0.05) is 65.0 Å². The summed E-state index contributed by atoms with van der Waals surface area (Å²) in [5.41, 5.74) is 5.53. The third-order valence-corrected chi connectivity index (χ3v) is 7.81. The molecule has 0 heterocycles. The zero-order valence-corrected chi connectivity index (χ0v) is 19.5. The molecule has 0 spiro atoms. The Morgan fingerprint density at radius 1 is 1.11 bits per heavy atom. The van der Waals surface area contributed by atoms with Crippen molar-refractivity contribution in [3.63, 3.8) is 0 Å². The number of amides is 1. The van der Waals surface area contributed by atoms with Gasteiger partial charge in [-0.2, -0.15) is 0 Å². The first kappa shape index (κ1) is 23.9. The zero-order valence-electron chi connectivity index (χ0n) is 18.3. The molecule has 2 aromatic rings. The lowest BCUT2D eigenvalue weighted by molar-refractivity contribution is 0.194. The molecule has 0 saturated heterocycles. The summed E-state index contributed by atoms with van der Waals surface area (Å²) in [4.78, 5) is 10.7. The molecule has 0 aromatic heterocycles. The van der Waals surface area contributed by atoms with Gasteiger partial charge < -0.3 is 14.8 Å². The summed E-state index contributed by atoms with van der Waals surface area (Å²) in [6, 6.07) is 14.4. The summed E-state index contributed by atoms with van der Waals surface area (Å²) in [7, 11) is -1.25. The molecule has 28 heavy (non-hydrogen) atoms. The van der Waals surface area contributed by atoms with Crippen molar-refractivity contribution in [3.05, 3.63) is 59.2 Å². The van der Waals surface area contributed by atoms with Gasteiger partial charge in [-0.15, -0.1) is 0 Å². The molecule has 4 nitrogen and oxygen atoms in total. The van der Waals surface area contributed by atoms with Gasteiger partial charge in [0.2, 0.25) is 0 Å². The molecular formula is C23H35NO3Si. The lowest BCUT2D eigenvalue weighted by Gasteiger charge is -2.25. The average molecular weight is 402 g/mol. The van der Waals surface area contributed by atoms with Crippen LogP contribution in [0.4, 0.5) is 4.79 Å². The fourth-order valence-electron chi connectivity index (χ4n) is 2.57. The molecule has 1 unspecified atom stereocenters. The molecule has 2 rings (SSSR count). The smallest absolute Gasteiger partial charge is 0.404 e. The molecule has 0 fully saturated rings. The number of hydrogen-bond donors (Lipinski definition) is 2. The standard InChI is InChI=1S/C21H29NO3Si.C2H6/c1-15-9-10-16(13-22-20(23)24)12-19(15)18-8-6-7-17(11-18)14-25-26(5)21(2,3)4;1-2/h6-12,22,26H,13-14H2,1-5H3,(H,23,24);1-2H3. The van der Waals surface area contributed by atoms with E-state index in [2.05, 4.69) is 69.9 Å². The van der Waals surface area contributed by atoms with E-state index >= 15 is 0 Å². The van der Waals surface area contributed by atoms with E-state index < -0.39 is 15.1 Å². The predicted octanol–water partition coefficient (Wildman–Crippen LogP) is 6.13. The third-order valence-electron chi connectivity index (χ3n) is 4.70. The Morgan fingerprint density at radius 3 is 2.39 bits per heavy atom. The Balaban J connectivity index is 0.00000190. The highest BCUT2D eigenvalue weighted by molar-refractivity contribution is 6.53. The van der Waals surface area contributed by atoms with Gasteiger partial charge >= 0.3 is 6.09 Å². The van der Waals surface area contributed by atoms with Crippen LogP contribution >= 0.6 is 0 Å². The van der Waals surface area contributed by atoms with Crippen LogP contribution in [0.2, 0.25) is 11.6 Å². The maximum Gasteiger partial charge on any atom is 0.404 e. The number of benzene rings is 2. The van der Waals surface area contributed by atoms with Gasteiger partial charge in [0.15, 0.2) is 9.04 Å². The van der Waals surface area contributed by atoms with E-state index in [0.29, 0.717) is 13.2 Å². The summed E-state index contributed by atoms with van der Waals surface area (Å²) in [6.45, 7) is 16.0. The molecule has 5 heteroatoms. The molecule has 0 saturated carbocycles. The summed E-state index contributed by atoms with van der Waals surface area (Å²) >= 11 is 0. The molecule has 154 valence electrons. The first-order valence-corrected chi connectivity index (χ1v) is 12.1. The van der Waals surface area contributed by atoms with Gasteiger partial charge in [0, 0.05) is 6.54 Å². The highest BCUT2D eigenvalue weighted by Gasteiger charge is 2.22. The molecule has 0 aliphatic rings. The van der Waals surface area contributed by atoms with Crippen molar-refractivity contribution in [3.8, 4) is 11.1 Å². The van der Waals surface area contributed by atoms with Crippen molar-refractivity contribution in [2.75, 3.05) is 0 Å². The van der Waals surface area contributed by atoms with Gasteiger partial charge in [0.25, 0.3) is 0 Å². The Bertz CT molecular complexity index is 769. The molecular weight excluding hydrogens is 366 g/mol. The molecule has 0 aliphatic heterocycles. The molecule has 1 amide bonds. The second-order valence-corrected chi connectivity index (χ2v) is 11.2. The molecule has 0 bridgehead atoms. The minimum absolute atomic E-state index is 0.250. The lowest BCUT2D eigenvalue weighted by Crippen LogP contribution is -2.25. The average Bonchev–Trinajstić information content (AvgIpc) is 2.66. The van der Waals surface area contributed by atoms with Gasteiger partial charge in [0.1, 0.15) is 0 Å². The van der Waals surface area contributed by atoms with Crippen molar-refractivity contribution in [1.29, 1.82) is 0 Å². The summed E-state index contributed by atoms with van der Waals surface area (Å²) in [5.74, 6) is 0. The number of aryl methyl sites for hydroxylation is 1. The van der Waals surface area contributed by atoms with Gasteiger partial charge in [-0.05, 0) is 58.5 Å². The van der Waals surface area contributed by atoms with Gasteiger partial charge in [-0.25, -0.2) is 4.79 Å². The number of nitrogens with one attached hydrogen (secondary N) is 1. The Kier molecular flexibility index (Phi) is 9.42. The van der Waals surface area contributed by atoms with Crippen LogP contribution in [-0.2, 0) is 17.6 Å². The van der Waals surface area contributed by atoms with Gasteiger partial charge in [-0.3, -0.25) is 0 Å². The third kappa shape index (κ3) is 7.48. The van der Waals surface area contributed by atoms with E-state index in [9.17, 15) is 4.79 Å². The van der Waals surface area contributed by atoms with E-state index in [4.69, 9.17) is 9.53 Å². The predicted molar refractivity (Wildman–Crippen MR) is 120 cm³/mol. The van der Waals surface area contributed by atoms with E-state index in [1.165, 1.54) is 11.1 Å². The van der Waals surface area contributed by atoms with Crippen LogP contribution in [0.1, 0.15) is 51.3 Å². The topological polar surface area (TPSA) is 58.6 Å². The minimum Gasteiger partial charge on any atom is -0.465 e. The fourth-order valence-corrected chi connectivity index (χ4v) is 3.51. The quantitative estimate of drug-likeness (QED) is 0.573. The van der Waals surface area contributed by atoms with Crippen molar-refractivity contribution in [2.24, 2.45) is 0 Å². The Labute approximate surface area is 171 Å². The largest absolute Gasteiger partial charge is 0.465 e. The summed E-state index contributed by atoms with van der Waals surface area (Å²) < 4.78 is 6.17. The SMILES string of the molecule is CC.Cc1ccc(CNC(=O)O)cc1-c1cccc(CO[SiH](C)C(C)(C)C)c1. The lowest BCUT2D eigenvalue weighted by atomic mass is 9.97. The Morgan fingerprint density at radius 2 is 1.79 bits per heavy atom. The number of rotatable bonds is 6. The highest BCUT2D eigenvalue weighted by Crippen LogP contribution is 2.29. The second-order valence-electron chi connectivity index (χ2n) is 7.83. The maximum atomic E-state index is 10.7. The van der Waals surface area contributed by atoms with Crippen LogP contribution in [0.3, 0.4) is 0 Å². The normalized spacial score (nSPS) is 12.0. The van der Waals surface area contributed by atoms with Gasteiger partial charge in [0.05, 0.1) is 6.61 Å². The van der Waals surface area contributed by atoms with E-state index in [1.54, 1.807) is 0 Å². The van der Waals surface area contributed by atoms with Crippen LogP contribution in [0.5, 0.6) is 0 Å². The molecule has 0 aliphatic carbocycles. The molecule has 2 N–H and O–H groups in total. The summed E-state index contributed by atoms with van der Waals surface area (Å²) in [6.07, 6.45) is -1.01. The van der Waals surface area contributed by atoms with Crippen molar-refractivity contribution in [1.82, 2.24) is 5.32 Å². The fraction of sp³-hybridized carbons (Fsp3) is 0.435. The van der Waals surface area contributed by atoms with E-state index in [0.717, 1.165) is 16.7 Å². The molecule has 1 atom stereocenters. The van der Waals surface area contributed by atoms with Crippen LogP contribution < -0.4 is 5.32 Å². The molecule has 0 radical (unpaired) electrons. The van der Waals surface area contributed by atoms with Crippen LogP contribution in [0.25, 0.3) is 11.1 Å². The number of carbonyl (C=O) groups is 1. The first-order chi connectivity index (χ1) is 13.2. The molecule has 2 aromatic carbocycles. The van der Waals surface area contributed by atoms with Crippen LogP contribution in [0.15, 0.2) is 42.5 Å². The maximum absolute atomic E-state index is 10.7. The highest BCUT2D eigenvalue weighted by atomic mass is 28.3. The number of hydrogen-bond acceptors (Lipinski definition) is 2. The van der Waals surface area contributed by atoms with Crippen LogP contribution in [-0.4, -0.2) is 20.2 Å². The first-order valence-electron chi connectivity index (χ1n) is 9.94. The van der Waals surface area contributed by atoms with Crippen molar-refractivity contribution < 1.29 is 14.3 Å². The summed E-state index contributed by atoms with van der Waals surface area (Å²) in [5, 5.41) is 11.5. The van der Waals surface area contributed by atoms with Crippen LogP contribution in [0, 0.1) is 6.92 Å². The zero-order chi connectivity index (χ0) is 21.3. The Hall–Kier alpha value is -2.11. The van der Waals surface area contributed by atoms with E-state index in [1.807, 2.05) is 26.0 Å². The van der Waals surface area contributed by atoms with Crippen molar-refractivity contribution in [2.45, 2.75) is 66.3 Å². The van der Waals surface area contributed by atoms with Crippen molar-refractivity contribution >= 4 is 15.1 Å². The monoisotopic (exact) mass is 401 g/mol. The number of carboxylic acid groups (broad SMARTS) is 1.